The predicted octanol–water partition coefficient (Wildman–Crippen LogP) is 2.66. The maximum atomic E-state index is 13.2. The van der Waals surface area contributed by atoms with Crippen LogP contribution >= 0.6 is 0 Å². The van der Waals surface area contributed by atoms with E-state index in [0.29, 0.717) is 0 Å². The van der Waals surface area contributed by atoms with Gasteiger partial charge in [-0.2, -0.15) is 0 Å². The summed E-state index contributed by atoms with van der Waals surface area (Å²) < 4.78 is 15.1. The van der Waals surface area contributed by atoms with E-state index in [9.17, 15) is 4.39 Å². The molecule has 5 heteroatoms. The molecule has 2 N–H and O–H groups in total. The van der Waals surface area contributed by atoms with Crippen molar-refractivity contribution in [2.45, 2.75) is 0 Å². The summed E-state index contributed by atoms with van der Waals surface area (Å²) in [7, 11) is 0. The van der Waals surface area contributed by atoms with Crippen LogP contribution < -0.4 is 5.73 Å². The van der Waals surface area contributed by atoms with Crippen LogP contribution in [0.15, 0.2) is 55.2 Å². The molecule has 2 heterocycles. The normalized spacial score (nSPS) is 10.6. The number of imidazole rings is 1. The Morgan fingerprint density at radius 1 is 1.05 bits per heavy atom. The van der Waals surface area contributed by atoms with Crippen molar-refractivity contribution < 1.29 is 4.39 Å². The van der Waals surface area contributed by atoms with Gasteiger partial charge in [0, 0.05) is 23.6 Å². The van der Waals surface area contributed by atoms with Crippen LogP contribution in [0.5, 0.6) is 0 Å². The van der Waals surface area contributed by atoms with E-state index in [2.05, 4.69) is 9.97 Å². The number of rotatable bonds is 2. The molecule has 0 saturated heterocycles. The topological polar surface area (TPSA) is 56.7 Å². The van der Waals surface area contributed by atoms with Gasteiger partial charge in [0.2, 0.25) is 0 Å². The van der Waals surface area contributed by atoms with Crippen molar-refractivity contribution in [3.05, 3.63) is 61.1 Å². The van der Waals surface area contributed by atoms with E-state index < -0.39 is 5.82 Å². The highest BCUT2D eigenvalue weighted by Crippen LogP contribution is 2.23. The maximum absolute atomic E-state index is 13.2. The van der Waals surface area contributed by atoms with Crippen LogP contribution in [0.1, 0.15) is 0 Å². The Kier molecular flexibility index (Phi) is 2.72. The van der Waals surface area contributed by atoms with E-state index in [4.69, 9.17) is 5.73 Å². The van der Waals surface area contributed by atoms with E-state index >= 15 is 0 Å². The lowest BCUT2D eigenvalue weighted by molar-refractivity contribution is 0.632. The minimum atomic E-state index is -0.422. The first kappa shape index (κ1) is 11.4. The number of hydrogen-bond acceptors (Lipinski definition) is 3. The highest BCUT2D eigenvalue weighted by molar-refractivity contribution is 5.62. The minimum absolute atomic E-state index is 0.117. The second-order valence-electron chi connectivity index (χ2n) is 4.09. The first-order valence-electron chi connectivity index (χ1n) is 5.74. The van der Waals surface area contributed by atoms with E-state index in [0.717, 1.165) is 16.9 Å². The highest BCUT2D eigenvalue weighted by Gasteiger charge is 2.08. The lowest BCUT2D eigenvalue weighted by Gasteiger charge is -2.09. The van der Waals surface area contributed by atoms with Crippen LogP contribution in [0.2, 0.25) is 0 Å². The molecule has 1 aromatic carbocycles. The molecule has 0 fully saturated rings. The van der Waals surface area contributed by atoms with Crippen LogP contribution in [-0.2, 0) is 0 Å². The number of nitrogens with zero attached hydrogens (tertiary/aromatic N) is 3. The number of pyridine rings is 1. The molecule has 0 spiro atoms. The summed E-state index contributed by atoms with van der Waals surface area (Å²) in [5.74, 6) is -0.422. The van der Waals surface area contributed by atoms with Crippen LogP contribution in [0.3, 0.4) is 0 Å². The smallest absolute Gasteiger partial charge is 0.146 e. The Hall–Kier alpha value is -2.69. The Morgan fingerprint density at radius 2 is 1.84 bits per heavy atom. The summed E-state index contributed by atoms with van der Waals surface area (Å²) in [6.07, 6.45) is 6.84. The zero-order valence-electron chi connectivity index (χ0n) is 9.99. The van der Waals surface area contributed by atoms with Crippen molar-refractivity contribution >= 4 is 5.69 Å². The summed E-state index contributed by atoms with van der Waals surface area (Å²) in [5, 5.41) is 0. The standard InChI is InChI=1S/C14H11FN4/c15-12-2-1-11(7-13(12)16)19-9-18-8-14(19)10-3-5-17-6-4-10/h1-9H,16H2. The summed E-state index contributed by atoms with van der Waals surface area (Å²) >= 11 is 0. The third-order valence-electron chi connectivity index (χ3n) is 2.87. The second kappa shape index (κ2) is 4.53. The molecule has 0 atom stereocenters. The van der Waals surface area contributed by atoms with Gasteiger partial charge in [0.1, 0.15) is 5.82 Å². The van der Waals surface area contributed by atoms with Crippen molar-refractivity contribution in [3.8, 4) is 16.9 Å². The molecular formula is C14H11FN4. The fourth-order valence-electron chi connectivity index (χ4n) is 1.92. The Morgan fingerprint density at radius 3 is 2.58 bits per heavy atom. The fraction of sp³-hybridized carbons (Fsp3) is 0. The highest BCUT2D eigenvalue weighted by atomic mass is 19.1. The molecule has 0 aliphatic rings. The first-order valence-corrected chi connectivity index (χ1v) is 5.74. The fourth-order valence-corrected chi connectivity index (χ4v) is 1.92. The van der Waals surface area contributed by atoms with Gasteiger partial charge in [0.15, 0.2) is 0 Å². The number of aromatic nitrogens is 3. The van der Waals surface area contributed by atoms with Gasteiger partial charge in [0.05, 0.1) is 23.9 Å². The molecule has 94 valence electrons. The van der Waals surface area contributed by atoms with Gasteiger partial charge in [0.25, 0.3) is 0 Å². The molecule has 0 amide bonds. The van der Waals surface area contributed by atoms with Gasteiger partial charge < -0.3 is 5.73 Å². The van der Waals surface area contributed by atoms with E-state index in [1.165, 1.54) is 6.07 Å². The number of nitrogens with two attached hydrogens (primary N) is 1. The number of nitrogen functional groups attached to an aromatic ring is 1. The van der Waals surface area contributed by atoms with Crippen molar-refractivity contribution in [2.75, 3.05) is 5.73 Å². The largest absolute Gasteiger partial charge is 0.396 e. The summed E-state index contributed by atoms with van der Waals surface area (Å²) in [6.45, 7) is 0. The van der Waals surface area contributed by atoms with E-state index in [1.54, 1.807) is 37.1 Å². The molecule has 4 nitrogen and oxygen atoms in total. The number of halogens is 1. The Labute approximate surface area is 109 Å². The van der Waals surface area contributed by atoms with Crippen molar-refractivity contribution in [2.24, 2.45) is 0 Å². The number of benzene rings is 1. The van der Waals surface area contributed by atoms with Crippen molar-refractivity contribution in [1.82, 2.24) is 14.5 Å². The summed E-state index contributed by atoms with van der Waals surface area (Å²) in [6, 6.07) is 8.38. The van der Waals surface area contributed by atoms with Gasteiger partial charge in [-0.05, 0) is 30.3 Å². The monoisotopic (exact) mass is 254 g/mol. The van der Waals surface area contributed by atoms with Gasteiger partial charge in [-0.3, -0.25) is 9.55 Å². The first-order chi connectivity index (χ1) is 9.25. The third kappa shape index (κ3) is 2.06. The van der Waals surface area contributed by atoms with Gasteiger partial charge in [-0.1, -0.05) is 0 Å². The molecule has 3 rings (SSSR count). The number of hydrogen-bond donors (Lipinski definition) is 1. The quantitative estimate of drug-likeness (QED) is 0.715. The van der Waals surface area contributed by atoms with Gasteiger partial charge in [-0.25, -0.2) is 9.37 Å². The van der Waals surface area contributed by atoms with Crippen LogP contribution in [0, 0.1) is 5.82 Å². The Balaban J connectivity index is 2.12. The SMILES string of the molecule is Nc1cc(-n2cncc2-c2ccncc2)ccc1F. The van der Waals surface area contributed by atoms with Gasteiger partial charge >= 0.3 is 0 Å². The van der Waals surface area contributed by atoms with Crippen molar-refractivity contribution in [1.29, 1.82) is 0 Å². The minimum Gasteiger partial charge on any atom is -0.396 e. The molecule has 0 unspecified atom stereocenters. The molecule has 19 heavy (non-hydrogen) atoms. The number of anilines is 1. The van der Waals surface area contributed by atoms with Gasteiger partial charge in [-0.15, -0.1) is 0 Å². The van der Waals surface area contributed by atoms with E-state index in [-0.39, 0.29) is 5.69 Å². The third-order valence-corrected chi connectivity index (χ3v) is 2.87. The molecule has 0 radical (unpaired) electrons. The zero-order valence-corrected chi connectivity index (χ0v) is 9.99. The van der Waals surface area contributed by atoms with Crippen LogP contribution in [-0.4, -0.2) is 14.5 Å². The lowest BCUT2D eigenvalue weighted by Crippen LogP contribution is -1.98. The molecule has 0 aliphatic carbocycles. The average Bonchev–Trinajstić information content (AvgIpc) is 2.92. The molecule has 0 aliphatic heterocycles. The zero-order chi connectivity index (χ0) is 13.2. The molecule has 0 saturated carbocycles. The van der Waals surface area contributed by atoms with E-state index in [1.807, 2.05) is 16.7 Å². The average molecular weight is 254 g/mol. The predicted molar refractivity (Wildman–Crippen MR) is 71.2 cm³/mol. The molecule has 3 aromatic rings. The second-order valence-corrected chi connectivity index (χ2v) is 4.09. The van der Waals surface area contributed by atoms with Crippen molar-refractivity contribution in [3.63, 3.8) is 0 Å². The Bertz CT molecular complexity index is 706. The summed E-state index contributed by atoms with van der Waals surface area (Å²) in [5.41, 5.74) is 8.36. The summed E-state index contributed by atoms with van der Waals surface area (Å²) in [4.78, 5) is 8.12. The molecule has 2 aromatic heterocycles. The van der Waals surface area contributed by atoms with Crippen LogP contribution in [0.25, 0.3) is 16.9 Å². The maximum Gasteiger partial charge on any atom is 0.146 e. The molecular weight excluding hydrogens is 243 g/mol. The van der Waals surface area contributed by atoms with Crippen LogP contribution in [0.4, 0.5) is 10.1 Å². The molecule has 0 bridgehead atoms. The lowest BCUT2D eigenvalue weighted by atomic mass is 10.2.